The molecule has 0 saturated carbocycles. The molecule has 0 amide bonds. The summed E-state index contributed by atoms with van der Waals surface area (Å²) in [5.74, 6) is 1.42. The SMILES string of the molecule is Cc1cc(C(C)NS(=O)(=O)c2ccc(Cl)cc2N)c(C)o1. The average Bonchev–Trinajstić information content (AvgIpc) is 2.67. The van der Waals surface area contributed by atoms with Gasteiger partial charge in [-0.2, -0.15) is 0 Å². The first-order valence-corrected chi connectivity index (χ1v) is 8.21. The van der Waals surface area contributed by atoms with Crippen LogP contribution in [-0.4, -0.2) is 8.42 Å². The van der Waals surface area contributed by atoms with Crippen molar-refractivity contribution in [3.63, 3.8) is 0 Å². The van der Waals surface area contributed by atoms with Crippen LogP contribution in [0.15, 0.2) is 33.6 Å². The molecule has 0 fully saturated rings. The molecule has 21 heavy (non-hydrogen) atoms. The fourth-order valence-electron chi connectivity index (χ4n) is 2.20. The van der Waals surface area contributed by atoms with Gasteiger partial charge in [-0.1, -0.05) is 11.6 Å². The molecule has 114 valence electrons. The first kappa shape index (κ1) is 15.9. The van der Waals surface area contributed by atoms with Crippen molar-refractivity contribution in [2.45, 2.75) is 31.7 Å². The first-order chi connectivity index (χ1) is 9.70. The van der Waals surface area contributed by atoms with E-state index < -0.39 is 16.1 Å². The first-order valence-electron chi connectivity index (χ1n) is 6.35. The number of hydrogen-bond donors (Lipinski definition) is 2. The number of aryl methyl sites for hydroxylation is 2. The van der Waals surface area contributed by atoms with Crippen molar-refractivity contribution in [1.29, 1.82) is 0 Å². The Hall–Kier alpha value is -1.50. The van der Waals surface area contributed by atoms with Gasteiger partial charge >= 0.3 is 0 Å². The monoisotopic (exact) mass is 328 g/mol. The van der Waals surface area contributed by atoms with E-state index in [2.05, 4.69) is 4.72 Å². The Kier molecular flexibility index (Phi) is 4.32. The van der Waals surface area contributed by atoms with Crippen LogP contribution < -0.4 is 10.5 Å². The maximum absolute atomic E-state index is 12.4. The second kappa shape index (κ2) is 5.71. The molecule has 1 aromatic heterocycles. The van der Waals surface area contributed by atoms with Crippen LogP contribution in [-0.2, 0) is 10.0 Å². The van der Waals surface area contributed by atoms with Gasteiger partial charge in [-0.3, -0.25) is 0 Å². The number of nitrogens with one attached hydrogen (secondary N) is 1. The van der Waals surface area contributed by atoms with Gasteiger partial charge in [-0.15, -0.1) is 0 Å². The van der Waals surface area contributed by atoms with E-state index in [-0.39, 0.29) is 10.6 Å². The summed E-state index contributed by atoms with van der Waals surface area (Å²) in [4.78, 5) is 0.0108. The van der Waals surface area contributed by atoms with E-state index in [0.717, 1.165) is 11.3 Å². The highest BCUT2D eigenvalue weighted by atomic mass is 35.5. The molecule has 1 heterocycles. The summed E-state index contributed by atoms with van der Waals surface area (Å²) >= 11 is 5.78. The Morgan fingerprint density at radius 2 is 1.95 bits per heavy atom. The molecule has 2 rings (SSSR count). The molecular formula is C14H17ClN2O3S. The van der Waals surface area contributed by atoms with Gasteiger partial charge in [0.05, 0.1) is 5.69 Å². The van der Waals surface area contributed by atoms with Gasteiger partial charge in [-0.05, 0) is 45.0 Å². The fourth-order valence-corrected chi connectivity index (χ4v) is 3.72. The summed E-state index contributed by atoms with van der Waals surface area (Å²) in [5.41, 5.74) is 6.64. The topological polar surface area (TPSA) is 85.3 Å². The summed E-state index contributed by atoms with van der Waals surface area (Å²) in [5, 5.41) is 0.390. The Morgan fingerprint density at radius 1 is 1.29 bits per heavy atom. The van der Waals surface area contributed by atoms with Gasteiger partial charge in [0.1, 0.15) is 16.4 Å². The van der Waals surface area contributed by atoms with Crippen LogP contribution in [0.4, 0.5) is 5.69 Å². The average molecular weight is 329 g/mol. The van der Waals surface area contributed by atoms with Crippen LogP contribution in [0.5, 0.6) is 0 Å². The molecule has 7 heteroatoms. The largest absolute Gasteiger partial charge is 0.466 e. The fraction of sp³-hybridized carbons (Fsp3) is 0.286. The molecule has 1 aromatic carbocycles. The number of nitrogen functional groups attached to an aromatic ring is 1. The third-order valence-corrected chi connectivity index (χ3v) is 4.99. The second-order valence-corrected chi connectivity index (χ2v) is 7.01. The molecule has 2 aromatic rings. The van der Waals surface area contributed by atoms with Crippen LogP contribution in [0, 0.1) is 13.8 Å². The van der Waals surface area contributed by atoms with Gasteiger partial charge in [0, 0.05) is 16.6 Å². The number of sulfonamides is 1. The van der Waals surface area contributed by atoms with Crippen molar-refractivity contribution < 1.29 is 12.8 Å². The summed E-state index contributed by atoms with van der Waals surface area (Å²) in [7, 11) is -3.74. The molecule has 0 aliphatic carbocycles. The zero-order chi connectivity index (χ0) is 15.8. The molecule has 0 spiro atoms. The van der Waals surface area contributed by atoms with Gasteiger partial charge in [0.25, 0.3) is 0 Å². The Balaban J connectivity index is 2.31. The van der Waals surface area contributed by atoms with Gasteiger partial charge in [0.2, 0.25) is 10.0 Å². The molecule has 5 nitrogen and oxygen atoms in total. The van der Waals surface area contributed by atoms with Crippen molar-refractivity contribution in [3.05, 3.63) is 46.4 Å². The minimum atomic E-state index is -3.74. The molecule has 0 bridgehead atoms. The van der Waals surface area contributed by atoms with Crippen molar-refractivity contribution >= 4 is 27.3 Å². The number of benzene rings is 1. The smallest absolute Gasteiger partial charge is 0.243 e. The van der Waals surface area contributed by atoms with E-state index in [1.165, 1.54) is 18.2 Å². The number of rotatable bonds is 4. The van der Waals surface area contributed by atoms with Crippen molar-refractivity contribution in [2.75, 3.05) is 5.73 Å². The second-order valence-electron chi connectivity index (χ2n) is 4.89. The van der Waals surface area contributed by atoms with Crippen LogP contribution >= 0.6 is 11.6 Å². The van der Waals surface area contributed by atoms with E-state index in [0.29, 0.717) is 10.8 Å². The van der Waals surface area contributed by atoms with Crippen LogP contribution in [0.3, 0.4) is 0 Å². The maximum atomic E-state index is 12.4. The van der Waals surface area contributed by atoms with Crippen molar-refractivity contribution in [1.82, 2.24) is 4.72 Å². The molecule has 1 unspecified atom stereocenters. The van der Waals surface area contributed by atoms with E-state index in [1.54, 1.807) is 13.8 Å². The highest BCUT2D eigenvalue weighted by Crippen LogP contribution is 2.26. The third kappa shape index (κ3) is 3.40. The number of furan rings is 1. The molecule has 0 saturated heterocycles. The lowest BCUT2D eigenvalue weighted by atomic mass is 10.1. The zero-order valence-corrected chi connectivity index (χ0v) is 13.5. The van der Waals surface area contributed by atoms with Crippen LogP contribution in [0.25, 0.3) is 0 Å². The van der Waals surface area contributed by atoms with Crippen molar-refractivity contribution in [2.24, 2.45) is 0 Å². The van der Waals surface area contributed by atoms with E-state index in [4.69, 9.17) is 21.8 Å². The Morgan fingerprint density at radius 3 is 2.48 bits per heavy atom. The summed E-state index contributed by atoms with van der Waals surface area (Å²) in [6, 6.07) is 5.68. The minimum Gasteiger partial charge on any atom is -0.466 e. The quantitative estimate of drug-likeness (QED) is 0.844. The lowest BCUT2D eigenvalue weighted by Gasteiger charge is -2.15. The number of hydrogen-bond acceptors (Lipinski definition) is 4. The molecule has 1 atom stereocenters. The third-order valence-electron chi connectivity index (χ3n) is 3.14. The normalized spacial score (nSPS) is 13.3. The van der Waals surface area contributed by atoms with E-state index in [1.807, 2.05) is 13.0 Å². The summed E-state index contributed by atoms with van der Waals surface area (Å²) < 4.78 is 32.8. The summed E-state index contributed by atoms with van der Waals surface area (Å²) in [6.07, 6.45) is 0. The molecular weight excluding hydrogens is 312 g/mol. The molecule has 0 aliphatic rings. The molecule has 0 radical (unpaired) electrons. The number of halogens is 1. The zero-order valence-electron chi connectivity index (χ0n) is 12.0. The van der Waals surface area contributed by atoms with Gasteiger partial charge in [-0.25, -0.2) is 13.1 Å². The standard InChI is InChI=1S/C14H17ClN2O3S/c1-8-6-12(10(3)20-8)9(2)17-21(18,19)14-5-4-11(15)7-13(14)16/h4-7,9,17H,16H2,1-3H3. The highest BCUT2D eigenvalue weighted by molar-refractivity contribution is 7.89. The van der Waals surface area contributed by atoms with E-state index >= 15 is 0 Å². The number of anilines is 1. The van der Waals surface area contributed by atoms with Crippen LogP contribution in [0.1, 0.15) is 30.0 Å². The van der Waals surface area contributed by atoms with Crippen molar-refractivity contribution in [3.8, 4) is 0 Å². The van der Waals surface area contributed by atoms with E-state index in [9.17, 15) is 8.42 Å². The lowest BCUT2D eigenvalue weighted by molar-refractivity contribution is 0.496. The Labute approximate surface area is 129 Å². The summed E-state index contributed by atoms with van der Waals surface area (Å²) in [6.45, 7) is 5.36. The highest BCUT2D eigenvalue weighted by Gasteiger charge is 2.23. The van der Waals surface area contributed by atoms with Gasteiger partial charge in [0.15, 0.2) is 0 Å². The lowest BCUT2D eigenvalue weighted by Crippen LogP contribution is -2.27. The van der Waals surface area contributed by atoms with Crippen LogP contribution in [0.2, 0.25) is 5.02 Å². The van der Waals surface area contributed by atoms with Gasteiger partial charge < -0.3 is 10.2 Å². The predicted octanol–water partition coefficient (Wildman–Crippen LogP) is 3.17. The molecule has 3 N–H and O–H groups in total. The maximum Gasteiger partial charge on any atom is 0.243 e. The molecule has 0 aliphatic heterocycles. The minimum absolute atomic E-state index is 0.0108. The Bertz CT molecular complexity index is 769. The number of nitrogens with two attached hydrogens (primary N) is 1. The predicted molar refractivity (Wildman–Crippen MR) is 82.8 cm³/mol.